The minimum absolute atomic E-state index is 0.0418. The Hall–Kier alpha value is -2.18. The van der Waals surface area contributed by atoms with E-state index in [9.17, 15) is 4.79 Å². The van der Waals surface area contributed by atoms with Crippen LogP contribution in [0.3, 0.4) is 0 Å². The first-order valence-corrected chi connectivity index (χ1v) is 8.36. The number of amides is 1. The van der Waals surface area contributed by atoms with Crippen LogP contribution in [-0.4, -0.2) is 53.1 Å². The Labute approximate surface area is 142 Å². The summed E-state index contributed by atoms with van der Waals surface area (Å²) in [5.74, 6) is 1.12. The lowest BCUT2D eigenvalue weighted by molar-refractivity contribution is -0.121. The Morgan fingerprint density at radius 3 is 2.58 bits per heavy atom. The van der Waals surface area contributed by atoms with Gasteiger partial charge in [0, 0.05) is 38.8 Å². The van der Waals surface area contributed by atoms with Crippen LogP contribution in [0.5, 0.6) is 0 Å². The lowest BCUT2D eigenvalue weighted by Gasteiger charge is -2.37. The van der Waals surface area contributed by atoms with Crippen LogP contribution in [0, 0.1) is 6.92 Å². The minimum atomic E-state index is -0.180. The molecule has 0 unspecified atom stereocenters. The molecule has 0 radical (unpaired) electrons. The number of carbonyl (C=O) groups excluding carboxylic acids is 1. The van der Waals surface area contributed by atoms with Crippen LogP contribution in [0.2, 0.25) is 0 Å². The zero-order valence-corrected chi connectivity index (χ0v) is 14.2. The lowest BCUT2D eigenvalue weighted by atomic mass is 10.1. The van der Waals surface area contributed by atoms with Crippen molar-refractivity contribution in [2.24, 2.45) is 0 Å². The van der Waals surface area contributed by atoms with E-state index in [0.717, 1.165) is 32.7 Å². The summed E-state index contributed by atoms with van der Waals surface area (Å²) < 4.78 is 4.98. The van der Waals surface area contributed by atoms with Crippen molar-refractivity contribution in [3.63, 3.8) is 0 Å². The molecule has 128 valence electrons. The molecule has 3 rings (SSSR count). The van der Waals surface area contributed by atoms with Gasteiger partial charge in [-0.05, 0) is 19.4 Å². The maximum Gasteiger partial charge on any atom is 0.242 e. The average Bonchev–Trinajstić information content (AvgIpc) is 3.00. The average molecular weight is 328 g/mol. The normalized spacial score (nSPS) is 17.6. The third-order valence-corrected chi connectivity index (χ3v) is 4.46. The van der Waals surface area contributed by atoms with E-state index < -0.39 is 0 Å². The lowest BCUT2D eigenvalue weighted by Crippen LogP contribution is -2.52. The monoisotopic (exact) mass is 328 g/mol. The smallest absolute Gasteiger partial charge is 0.242 e. The summed E-state index contributed by atoms with van der Waals surface area (Å²) in [6.07, 6.45) is 0. The molecule has 1 aromatic carbocycles. The number of nitrogens with zero attached hydrogens (tertiary/aromatic N) is 3. The van der Waals surface area contributed by atoms with Crippen LogP contribution in [0.1, 0.15) is 18.2 Å². The summed E-state index contributed by atoms with van der Waals surface area (Å²) in [5, 5.41) is 6.62. The highest BCUT2D eigenvalue weighted by molar-refractivity contribution is 5.93. The first kappa shape index (κ1) is 16.7. The van der Waals surface area contributed by atoms with Crippen molar-refractivity contribution in [3.8, 4) is 0 Å². The van der Waals surface area contributed by atoms with Gasteiger partial charge in [0.05, 0.1) is 6.04 Å². The van der Waals surface area contributed by atoms with Crippen molar-refractivity contribution in [3.05, 3.63) is 47.7 Å². The summed E-state index contributed by atoms with van der Waals surface area (Å²) >= 11 is 0. The van der Waals surface area contributed by atoms with Gasteiger partial charge in [0.1, 0.15) is 5.76 Å². The standard InChI is InChI=1S/C18H24N4O2/c1-14-12-17(20-24-14)19-18(23)15(2)22-10-8-21(9-11-22)13-16-6-4-3-5-7-16/h3-7,12,15H,8-11,13H2,1-2H3,(H,19,20,23)/t15-/m1/s1. The Morgan fingerprint density at radius 2 is 1.96 bits per heavy atom. The van der Waals surface area contributed by atoms with Gasteiger partial charge in [-0.1, -0.05) is 35.5 Å². The fraction of sp³-hybridized carbons (Fsp3) is 0.444. The number of aryl methyl sites for hydroxylation is 1. The van der Waals surface area contributed by atoms with Gasteiger partial charge in [-0.3, -0.25) is 14.6 Å². The molecule has 6 heteroatoms. The van der Waals surface area contributed by atoms with Gasteiger partial charge in [-0.25, -0.2) is 0 Å². The molecule has 1 aliphatic rings. The zero-order chi connectivity index (χ0) is 16.9. The predicted octanol–water partition coefficient (Wildman–Crippen LogP) is 2.13. The third kappa shape index (κ3) is 4.21. The SMILES string of the molecule is Cc1cc(NC(=O)[C@@H](C)N2CCN(Cc3ccccc3)CC2)no1. The predicted molar refractivity (Wildman–Crippen MR) is 92.6 cm³/mol. The number of rotatable bonds is 5. The van der Waals surface area contributed by atoms with E-state index in [-0.39, 0.29) is 11.9 Å². The van der Waals surface area contributed by atoms with Crippen molar-refractivity contribution >= 4 is 11.7 Å². The maximum absolute atomic E-state index is 12.3. The molecule has 1 amide bonds. The third-order valence-electron chi connectivity index (χ3n) is 4.46. The second-order valence-electron chi connectivity index (χ2n) is 6.29. The number of nitrogens with one attached hydrogen (secondary N) is 1. The van der Waals surface area contributed by atoms with E-state index in [4.69, 9.17) is 4.52 Å². The van der Waals surface area contributed by atoms with Crippen molar-refractivity contribution < 1.29 is 9.32 Å². The molecule has 1 atom stereocenters. The molecule has 0 spiro atoms. The number of piperazine rings is 1. The van der Waals surface area contributed by atoms with Crippen LogP contribution >= 0.6 is 0 Å². The van der Waals surface area contributed by atoms with E-state index in [2.05, 4.69) is 44.5 Å². The van der Waals surface area contributed by atoms with Crippen LogP contribution in [0.4, 0.5) is 5.82 Å². The van der Waals surface area contributed by atoms with E-state index in [0.29, 0.717) is 11.6 Å². The molecule has 6 nitrogen and oxygen atoms in total. The van der Waals surface area contributed by atoms with E-state index in [1.807, 2.05) is 13.0 Å². The van der Waals surface area contributed by atoms with Gasteiger partial charge in [-0.15, -0.1) is 0 Å². The highest BCUT2D eigenvalue weighted by Gasteiger charge is 2.26. The minimum Gasteiger partial charge on any atom is -0.360 e. The van der Waals surface area contributed by atoms with Crippen LogP contribution in [0.15, 0.2) is 40.9 Å². The summed E-state index contributed by atoms with van der Waals surface area (Å²) in [6, 6.07) is 12.0. The van der Waals surface area contributed by atoms with Crippen LogP contribution < -0.4 is 5.32 Å². The van der Waals surface area contributed by atoms with Gasteiger partial charge < -0.3 is 9.84 Å². The summed E-state index contributed by atoms with van der Waals surface area (Å²) in [5.41, 5.74) is 1.33. The number of aromatic nitrogens is 1. The summed E-state index contributed by atoms with van der Waals surface area (Å²) in [4.78, 5) is 17.0. The van der Waals surface area contributed by atoms with Gasteiger partial charge in [0.25, 0.3) is 0 Å². The Kier molecular flexibility index (Phi) is 5.27. The van der Waals surface area contributed by atoms with Crippen molar-refractivity contribution in [1.29, 1.82) is 0 Å². The van der Waals surface area contributed by atoms with Crippen LogP contribution in [0.25, 0.3) is 0 Å². The molecular weight excluding hydrogens is 304 g/mol. The summed E-state index contributed by atoms with van der Waals surface area (Å²) in [6.45, 7) is 8.42. The van der Waals surface area contributed by atoms with Crippen molar-refractivity contribution in [2.75, 3.05) is 31.5 Å². The van der Waals surface area contributed by atoms with E-state index in [1.54, 1.807) is 13.0 Å². The van der Waals surface area contributed by atoms with Crippen molar-refractivity contribution in [2.45, 2.75) is 26.4 Å². The van der Waals surface area contributed by atoms with E-state index in [1.165, 1.54) is 5.56 Å². The number of hydrogen-bond acceptors (Lipinski definition) is 5. The largest absolute Gasteiger partial charge is 0.360 e. The van der Waals surface area contributed by atoms with Gasteiger partial charge in [0.15, 0.2) is 5.82 Å². The van der Waals surface area contributed by atoms with Gasteiger partial charge >= 0.3 is 0 Å². The molecule has 1 aliphatic heterocycles. The molecular formula is C18H24N4O2. The number of benzene rings is 1. The Morgan fingerprint density at radius 1 is 1.25 bits per heavy atom. The van der Waals surface area contributed by atoms with Crippen molar-refractivity contribution in [1.82, 2.24) is 15.0 Å². The number of carbonyl (C=O) groups is 1. The Balaban J connectivity index is 1.47. The molecule has 24 heavy (non-hydrogen) atoms. The fourth-order valence-corrected chi connectivity index (χ4v) is 2.97. The topological polar surface area (TPSA) is 61.6 Å². The quantitative estimate of drug-likeness (QED) is 0.911. The second kappa shape index (κ2) is 7.59. The number of anilines is 1. The zero-order valence-electron chi connectivity index (χ0n) is 14.2. The fourth-order valence-electron chi connectivity index (χ4n) is 2.97. The first-order valence-electron chi connectivity index (χ1n) is 8.36. The molecule has 0 bridgehead atoms. The molecule has 2 aromatic rings. The van der Waals surface area contributed by atoms with Crippen LogP contribution in [-0.2, 0) is 11.3 Å². The molecule has 2 heterocycles. The molecule has 0 aliphatic carbocycles. The first-order chi connectivity index (χ1) is 11.6. The van der Waals surface area contributed by atoms with Gasteiger partial charge in [0.2, 0.25) is 5.91 Å². The highest BCUT2D eigenvalue weighted by Crippen LogP contribution is 2.13. The molecule has 1 aromatic heterocycles. The molecule has 0 saturated carbocycles. The Bertz CT molecular complexity index is 663. The molecule has 1 saturated heterocycles. The molecule has 1 fully saturated rings. The molecule has 1 N–H and O–H groups in total. The number of hydrogen-bond donors (Lipinski definition) is 1. The maximum atomic E-state index is 12.3. The highest BCUT2D eigenvalue weighted by atomic mass is 16.5. The van der Waals surface area contributed by atoms with E-state index >= 15 is 0 Å². The summed E-state index contributed by atoms with van der Waals surface area (Å²) in [7, 11) is 0. The second-order valence-corrected chi connectivity index (χ2v) is 6.29. The van der Waals surface area contributed by atoms with Gasteiger partial charge in [-0.2, -0.15) is 0 Å².